The fourth-order valence-electron chi connectivity index (χ4n) is 3.42. The number of hydrogen-bond donors (Lipinski definition) is 0. The minimum Gasteiger partial charge on any atom is -0.309 e. The molecule has 0 radical (unpaired) electrons. The van der Waals surface area contributed by atoms with E-state index in [1.165, 1.54) is 0 Å². The molecular weight excluding hydrogens is 422 g/mol. The Kier molecular flexibility index (Phi) is 17.6. The van der Waals surface area contributed by atoms with Crippen molar-refractivity contribution in [2.45, 2.75) is 92.9 Å². The molecule has 0 rings (SSSR count). The van der Waals surface area contributed by atoms with Crippen molar-refractivity contribution < 1.29 is 27.2 Å². The molecule has 0 heterocycles. The SMILES string of the molecule is CCCCC/C(CP(=O)(OCC)OCC)=C(\CCCCC)CP(=O)(OCC)OCC. The van der Waals surface area contributed by atoms with Crippen molar-refractivity contribution in [3.8, 4) is 0 Å². The molecule has 0 aromatic carbocycles. The van der Waals surface area contributed by atoms with Crippen molar-refractivity contribution >= 4 is 15.2 Å². The van der Waals surface area contributed by atoms with Gasteiger partial charge in [-0.15, -0.1) is 0 Å². The van der Waals surface area contributed by atoms with Gasteiger partial charge < -0.3 is 18.1 Å². The maximum Gasteiger partial charge on any atom is 0.334 e. The standard InChI is InChI=1S/C22H46O6P2/c1-7-13-15-17-21(19-29(23,25-9-3)26-10-4)22(18-16-14-8-2)20-30(24,27-11-5)28-12-6/h7-20H2,1-6H3/b22-21-. The number of hydrogen-bond acceptors (Lipinski definition) is 6. The van der Waals surface area contributed by atoms with Crippen molar-refractivity contribution in [3.05, 3.63) is 11.1 Å². The van der Waals surface area contributed by atoms with E-state index in [9.17, 15) is 9.13 Å². The highest BCUT2D eigenvalue weighted by molar-refractivity contribution is 7.54. The summed E-state index contributed by atoms with van der Waals surface area (Å²) in [5.41, 5.74) is 2.09. The minimum absolute atomic E-state index is 0.248. The molecule has 0 atom stereocenters. The highest BCUT2D eigenvalue weighted by Gasteiger charge is 2.30. The second kappa shape index (κ2) is 17.6. The van der Waals surface area contributed by atoms with Gasteiger partial charge in [0.05, 0.1) is 38.8 Å². The Bertz CT molecular complexity index is 494. The number of rotatable bonds is 20. The van der Waals surface area contributed by atoms with Crippen molar-refractivity contribution in [2.75, 3.05) is 38.8 Å². The van der Waals surface area contributed by atoms with Gasteiger partial charge in [0.15, 0.2) is 0 Å². The van der Waals surface area contributed by atoms with Crippen LogP contribution in [0, 0.1) is 0 Å². The largest absolute Gasteiger partial charge is 0.334 e. The van der Waals surface area contributed by atoms with Gasteiger partial charge in [-0.2, -0.15) is 0 Å². The molecular formula is C22H46O6P2. The molecule has 0 saturated carbocycles. The molecule has 0 aliphatic heterocycles. The van der Waals surface area contributed by atoms with Gasteiger partial charge in [0.25, 0.3) is 0 Å². The monoisotopic (exact) mass is 468 g/mol. The second-order valence-corrected chi connectivity index (χ2v) is 11.4. The van der Waals surface area contributed by atoms with Crippen LogP contribution in [-0.2, 0) is 27.2 Å². The summed E-state index contributed by atoms with van der Waals surface area (Å²) in [6.07, 6.45) is 8.48. The van der Waals surface area contributed by atoms with Crippen LogP contribution in [0.15, 0.2) is 11.1 Å². The van der Waals surface area contributed by atoms with Crippen LogP contribution >= 0.6 is 15.2 Å². The molecule has 0 aliphatic carbocycles. The van der Waals surface area contributed by atoms with E-state index in [0.29, 0.717) is 26.4 Å². The van der Waals surface area contributed by atoms with Crippen molar-refractivity contribution in [3.63, 3.8) is 0 Å². The first-order valence-corrected chi connectivity index (χ1v) is 15.2. The molecule has 0 fully saturated rings. The fraction of sp³-hybridized carbons (Fsp3) is 0.909. The molecule has 0 saturated heterocycles. The lowest BCUT2D eigenvalue weighted by Crippen LogP contribution is -2.10. The first-order chi connectivity index (χ1) is 14.3. The van der Waals surface area contributed by atoms with Crippen LogP contribution in [0.4, 0.5) is 0 Å². The lowest BCUT2D eigenvalue weighted by Gasteiger charge is -2.24. The quantitative estimate of drug-likeness (QED) is 0.102. The molecule has 0 amide bonds. The zero-order chi connectivity index (χ0) is 22.9. The molecule has 0 bridgehead atoms. The summed E-state index contributed by atoms with van der Waals surface area (Å²) in [6, 6.07) is 0. The predicted octanol–water partition coefficient (Wildman–Crippen LogP) is 7.98. The normalized spacial score (nSPS) is 13.5. The van der Waals surface area contributed by atoms with Crippen molar-refractivity contribution in [1.82, 2.24) is 0 Å². The smallest absolute Gasteiger partial charge is 0.309 e. The van der Waals surface area contributed by atoms with E-state index in [4.69, 9.17) is 18.1 Å². The average Bonchev–Trinajstić information content (AvgIpc) is 2.67. The molecule has 0 spiro atoms. The van der Waals surface area contributed by atoms with Crippen LogP contribution in [0.3, 0.4) is 0 Å². The summed E-state index contributed by atoms with van der Waals surface area (Å²) in [5.74, 6) is 0. The lowest BCUT2D eigenvalue weighted by atomic mass is 9.99. The highest BCUT2D eigenvalue weighted by atomic mass is 31.2. The number of unbranched alkanes of at least 4 members (excludes halogenated alkanes) is 4. The van der Waals surface area contributed by atoms with Gasteiger partial charge in [-0.1, -0.05) is 50.7 Å². The highest BCUT2D eigenvalue weighted by Crippen LogP contribution is 2.54. The zero-order valence-corrected chi connectivity index (χ0v) is 22.0. The summed E-state index contributed by atoms with van der Waals surface area (Å²) >= 11 is 0. The predicted molar refractivity (Wildman–Crippen MR) is 127 cm³/mol. The van der Waals surface area contributed by atoms with E-state index in [2.05, 4.69) is 13.8 Å². The Morgan fingerprint density at radius 2 is 0.833 bits per heavy atom. The second-order valence-electron chi connectivity index (χ2n) is 7.33. The maximum absolute atomic E-state index is 13.3. The first kappa shape index (κ1) is 30.0. The van der Waals surface area contributed by atoms with Gasteiger partial charge in [-0.05, 0) is 53.4 Å². The van der Waals surface area contributed by atoms with E-state index in [1.807, 2.05) is 27.7 Å². The Morgan fingerprint density at radius 1 is 0.533 bits per heavy atom. The third-order valence-electron chi connectivity index (χ3n) is 4.74. The summed E-state index contributed by atoms with van der Waals surface area (Å²) in [5, 5.41) is 0. The van der Waals surface area contributed by atoms with Crippen LogP contribution in [0.1, 0.15) is 92.9 Å². The van der Waals surface area contributed by atoms with Crippen LogP contribution in [0.5, 0.6) is 0 Å². The molecule has 0 aromatic rings. The Hall–Kier alpha value is 0.0400. The van der Waals surface area contributed by atoms with Gasteiger partial charge in [-0.3, -0.25) is 9.13 Å². The van der Waals surface area contributed by atoms with Crippen molar-refractivity contribution in [2.24, 2.45) is 0 Å². The zero-order valence-electron chi connectivity index (χ0n) is 20.2. The molecule has 0 N–H and O–H groups in total. The van der Waals surface area contributed by atoms with Gasteiger partial charge in [-0.25, -0.2) is 0 Å². The number of allylic oxidation sites excluding steroid dienone is 2. The molecule has 0 aromatic heterocycles. The Morgan fingerprint density at radius 3 is 1.07 bits per heavy atom. The Labute approximate surface area is 185 Å². The molecule has 180 valence electrons. The van der Waals surface area contributed by atoms with Crippen LogP contribution in [0.2, 0.25) is 0 Å². The minimum atomic E-state index is -3.24. The maximum atomic E-state index is 13.3. The summed E-state index contributed by atoms with van der Waals surface area (Å²) in [7, 11) is -6.49. The Balaban J connectivity index is 6.05. The third kappa shape index (κ3) is 12.8. The molecule has 8 heteroatoms. The van der Waals surface area contributed by atoms with Crippen LogP contribution in [-0.4, -0.2) is 38.8 Å². The summed E-state index contributed by atoms with van der Waals surface area (Å²) < 4.78 is 48.9. The van der Waals surface area contributed by atoms with E-state index >= 15 is 0 Å². The van der Waals surface area contributed by atoms with Crippen LogP contribution in [0.25, 0.3) is 0 Å². The summed E-state index contributed by atoms with van der Waals surface area (Å²) in [6.45, 7) is 13.0. The molecule has 0 aliphatic rings. The topological polar surface area (TPSA) is 71.1 Å². The van der Waals surface area contributed by atoms with Gasteiger partial charge in [0, 0.05) is 0 Å². The van der Waals surface area contributed by atoms with E-state index in [-0.39, 0.29) is 12.3 Å². The molecule has 0 unspecified atom stereocenters. The van der Waals surface area contributed by atoms with E-state index < -0.39 is 15.2 Å². The van der Waals surface area contributed by atoms with Crippen molar-refractivity contribution in [1.29, 1.82) is 0 Å². The lowest BCUT2D eigenvalue weighted by molar-refractivity contribution is 0.219. The van der Waals surface area contributed by atoms with Gasteiger partial charge in [0.2, 0.25) is 0 Å². The van der Waals surface area contributed by atoms with Gasteiger partial charge >= 0.3 is 15.2 Å². The summed E-state index contributed by atoms with van der Waals surface area (Å²) in [4.78, 5) is 0. The van der Waals surface area contributed by atoms with E-state index in [0.717, 1.165) is 62.5 Å². The fourth-order valence-corrected chi connectivity index (χ4v) is 7.21. The van der Waals surface area contributed by atoms with Gasteiger partial charge in [0.1, 0.15) is 0 Å². The molecule has 30 heavy (non-hydrogen) atoms. The van der Waals surface area contributed by atoms with Crippen LogP contribution < -0.4 is 0 Å². The first-order valence-electron chi connectivity index (χ1n) is 11.8. The van der Waals surface area contributed by atoms with E-state index in [1.54, 1.807) is 0 Å². The average molecular weight is 469 g/mol. The third-order valence-corrected chi connectivity index (χ3v) is 8.88. The molecule has 6 nitrogen and oxygen atoms in total.